The highest BCUT2D eigenvalue weighted by atomic mass is 32.2. The molecule has 0 bridgehead atoms. The molecule has 3 N–H and O–H groups in total. The zero-order valence-electron chi connectivity index (χ0n) is 19.7. The highest BCUT2D eigenvalue weighted by Gasteiger charge is 2.17. The summed E-state index contributed by atoms with van der Waals surface area (Å²) in [6.45, 7) is 11.2. The number of hydrogen-bond acceptors (Lipinski definition) is 7. The van der Waals surface area contributed by atoms with Crippen LogP contribution in [0.25, 0.3) is 22.5 Å². The largest absolute Gasteiger partial charge is 0.382 e. The molecule has 33 heavy (non-hydrogen) atoms. The van der Waals surface area contributed by atoms with Crippen LogP contribution in [0.1, 0.15) is 31.5 Å². The van der Waals surface area contributed by atoms with E-state index in [-0.39, 0.29) is 4.90 Å². The van der Waals surface area contributed by atoms with Gasteiger partial charge in [0.2, 0.25) is 10.0 Å². The van der Waals surface area contributed by atoms with Crippen molar-refractivity contribution < 1.29 is 8.42 Å². The van der Waals surface area contributed by atoms with Crippen LogP contribution in [0.3, 0.4) is 0 Å². The predicted molar refractivity (Wildman–Crippen MR) is 132 cm³/mol. The molecule has 0 spiro atoms. The van der Waals surface area contributed by atoms with Crippen molar-refractivity contribution in [2.24, 2.45) is 0 Å². The van der Waals surface area contributed by atoms with Gasteiger partial charge >= 0.3 is 0 Å². The highest BCUT2D eigenvalue weighted by molar-refractivity contribution is 7.89. The van der Waals surface area contributed by atoms with Crippen LogP contribution < -0.4 is 10.5 Å². The number of sulfonamides is 1. The number of benzene rings is 1. The summed E-state index contributed by atoms with van der Waals surface area (Å²) in [5, 5.41) is 0. The lowest BCUT2D eigenvalue weighted by molar-refractivity contribution is 0.300. The van der Waals surface area contributed by atoms with E-state index < -0.39 is 10.0 Å². The molecule has 0 radical (unpaired) electrons. The molecular weight excluding hydrogens is 436 g/mol. The average molecular weight is 469 g/mol. The maximum Gasteiger partial charge on any atom is 0.240 e. The van der Waals surface area contributed by atoms with Crippen LogP contribution in [0.5, 0.6) is 0 Å². The van der Waals surface area contributed by atoms with Crippen LogP contribution in [0.2, 0.25) is 0 Å². The quantitative estimate of drug-likeness (QED) is 0.438. The van der Waals surface area contributed by atoms with Crippen molar-refractivity contribution in [2.75, 3.05) is 31.9 Å². The third-order valence-electron chi connectivity index (χ3n) is 5.60. The standard InChI is InChI=1S/C24H32N6O2S/c1-5-30(6-2)13-7-11-28-33(31,32)20-9-8-17(3)21(15-20)22-16-27-24(25)23(29-22)19-10-12-26-18(4)14-19/h8-10,12,14-16,28H,5-7,11,13H2,1-4H3,(H2,25,27). The van der Waals surface area contributed by atoms with Gasteiger partial charge in [0.1, 0.15) is 11.5 Å². The smallest absolute Gasteiger partial charge is 0.240 e. The number of nitrogen functional groups attached to an aromatic ring is 1. The van der Waals surface area contributed by atoms with E-state index in [4.69, 9.17) is 10.7 Å². The Morgan fingerprint density at radius 3 is 2.52 bits per heavy atom. The Hall–Kier alpha value is -2.88. The Balaban J connectivity index is 1.87. The van der Waals surface area contributed by atoms with E-state index in [1.165, 1.54) is 0 Å². The van der Waals surface area contributed by atoms with Crippen LogP contribution in [0, 0.1) is 13.8 Å². The number of aryl methyl sites for hydroxylation is 2. The second kappa shape index (κ2) is 10.8. The molecule has 0 atom stereocenters. The van der Waals surface area contributed by atoms with Crippen molar-refractivity contribution >= 4 is 15.8 Å². The molecule has 3 rings (SSSR count). The summed E-state index contributed by atoms with van der Waals surface area (Å²) in [4.78, 5) is 15.7. The number of hydrogen-bond donors (Lipinski definition) is 2. The van der Waals surface area contributed by atoms with Crippen molar-refractivity contribution in [1.29, 1.82) is 0 Å². The minimum Gasteiger partial charge on any atom is -0.382 e. The van der Waals surface area contributed by atoms with Gasteiger partial charge in [-0.15, -0.1) is 0 Å². The normalized spacial score (nSPS) is 11.8. The summed E-state index contributed by atoms with van der Waals surface area (Å²) >= 11 is 0. The van der Waals surface area contributed by atoms with Gasteiger partial charge in [-0.1, -0.05) is 19.9 Å². The molecule has 0 saturated carbocycles. The molecule has 2 aromatic heterocycles. The van der Waals surface area contributed by atoms with Crippen LogP contribution in [0.4, 0.5) is 5.82 Å². The summed E-state index contributed by atoms with van der Waals surface area (Å²) in [5.41, 5.74) is 10.4. The number of nitrogens with zero attached hydrogens (tertiary/aromatic N) is 4. The molecule has 176 valence electrons. The van der Waals surface area contributed by atoms with E-state index in [0.29, 0.717) is 29.3 Å². The molecule has 2 heterocycles. The van der Waals surface area contributed by atoms with Crippen molar-refractivity contribution in [3.8, 4) is 22.5 Å². The fourth-order valence-electron chi connectivity index (χ4n) is 3.61. The summed E-state index contributed by atoms with van der Waals surface area (Å²) < 4.78 is 28.5. The zero-order chi connectivity index (χ0) is 24.0. The van der Waals surface area contributed by atoms with Gasteiger partial charge in [-0.05, 0) is 69.7 Å². The fourth-order valence-corrected chi connectivity index (χ4v) is 4.71. The van der Waals surface area contributed by atoms with Gasteiger partial charge in [-0.3, -0.25) is 4.98 Å². The summed E-state index contributed by atoms with van der Waals surface area (Å²) in [5.74, 6) is 0.306. The topological polar surface area (TPSA) is 114 Å². The lowest BCUT2D eigenvalue weighted by atomic mass is 10.1. The van der Waals surface area contributed by atoms with Gasteiger partial charge in [-0.2, -0.15) is 0 Å². The first-order valence-electron chi connectivity index (χ1n) is 11.1. The van der Waals surface area contributed by atoms with Crippen LogP contribution >= 0.6 is 0 Å². The molecule has 8 nitrogen and oxygen atoms in total. The number of anilines is 1. The first kappa shape index (κ1) is 24.8. The molecular formula is C24H32N6O2S. The van der Waals surface area contributed by atoms with Crippen molar-refractivity contribution in [3.05, 3.63) is 54.0 Å². The number of aromatic nitrogens is 3. The lowest BCUT2D eigenvalue weighted by Crippen LogP contribution is -2.30. The number of pyridine rings is 1. The van der Waals surface area contributed by atoms with Gasteiger partial charge in [0.05, 0.1) is 16.8 Å². The van der Waals surface area contributed by atoms with E-state index in [1.54, 1.807) is 30.6 Å². The van der Waals surface area contributed by atoms with Gasteiger partial charge in [0.15, 0.2) is 0 Å². The fraction of sp³-hybridized carbons (Fsp3) is 0.375. The van der Waals surface area contributed by atoms with E-state index in [0.717, 1.165) is 42.9 Å². The van der Waals surface area contributed by atoms with E-state index in [1.807, 2.05) is 26.0 Å². The highest BCUT2D eigenvalue weighted by Crippen LogP contribution is 2.29. The molecule has 0 aliphatic heterocycles. The molecule has 0 amide bonds. The molecule has 0 aliphatic carbocycles. The second-order valence-electron chi connectivity index (χ2n) is 7.93. The Labute approximate surface area is 196 Å². The first-order chi connectivity index (χ1) is 15.7. The molecule has 0 fully saturated rings. The van der Waals surface area contributed by atoms with Gasteiger partial charge in [0, 0.05) is 29.6 Å². The number of nitrogens with two attached hydrogens (primary N) is 1. The monoisotopic (exact) mass is 468 g/mol. The predicted octanol–water partition coefficient (Wildman–Crippen LogP) is 3.41. The van der Waals surface area contributed by atoms with Crippen LogP contribution in [-0.4, -0.2) is 54.4 Å². The first-order valence-corrected chi connectivity index (χ1v) is 12.6. The second-order valence-corrected chi connectivity index (χ2v) is 9.70. The van der Waals surface area contributed by atoms with Gasteiger partial charge in [-0.25, -0.2) is 23.1 Å². The Morgan fingerprint density at radius 2 is 1.82 bits per heavy atom. The lowest BCUT2D eigenvalue weighted by Gasteiger charge is -2.17. The molecule has 3 aromatic rings. The SMILES string of the molecule is CCN(CC)CCCNS(=O)(=O)c1ccc(C)c(-c2cnc(N)c(-c3ccnc(C)c3)n2)c1. The average Bonchev–Trinajstić information content (AvgIpc) is 2.80. The minimum absolute atomic E-state index is 0.200. The Morgan fingerprint density at radius 1 is 1.06 bits per heavy atom. The molecule has 1 aromatic carbocycles. The maximum absolute atomic E-state index is 12.9. The van der Waals surface area contributed by atoms with E-state index in [2.05, 4.69) is 33.4 Å². The zero-order valence-corrected chi connectivity index (χ0v) is 20.5. The third kappa shape index (κ3) is 6.13. The van der Waals surface area contributed by atoms with Gasteiger partial charge < -0.3 is 10.6 Å². The summed E-state index contributed by atoms with van der Waals surface area (Å²) in [7, 11) is -3.64. The Kier molecular flexibility index (Phi) is 8.12. The number of nitrogens with one attached hydrogen (secondary N) is 1. The Bertz CT molecular complexity index is 1210. The molecule has 0 unspecified atom stereocenters. The summed E-state index contributed by atoms with van der Waals surface area (Å²) in [6.07, 6.45) is 4.02. The third-order valence-corrected chi connectivity index (χ3v) is 7.06. The maximum atomic E-state index is 12.9. The van der Waals surface area contributed by atoms with Crippen molar-refractivity contribution in [2.45, 2.75) is 39.0 Å². The molecule has 9 heteroatoms. The molecule has 0 saturated heterocycles. The van der Waals surface area contributed by atoms with Gasteiger partial charge in [0.25, 0.3) is 0 Å². The van der Waals surface area contributed by atoms with Crippen LogP contribution in [0.15, 0.2) is 47.6 Å². The van der Waals surface area contributed by atoms with E-state index in [9.17, 15) is 8.42 Å². The summed E-state index contributed by atoms with van der Waals surface area (Å²) in [6, 6.07) is 8.76. The van der Waals surface area contributed by atoms with E-state index >= 15 is 0 Å². The van der Waals surface area contributed by atoms with Crippen LogP contribution in [-0.2, 0) is 10.0 Å². The molecule has 0 aliphatic rings. The van der Waals surface area contributed by atoms with Crippen molar-refractivity contribution in [3.63, 3.8) is 0 Å². The minimum atomic E-state index is -3.64. The number of rotatable bonds is 10. The van der Waals surface area contributed by atoms with Crippen molar-refractivity contribution in [1.82, 2.24) is 24.6 Å².